The molecule has 103 heavy (non-hydrogen) atoms. The molecule has 0 bridgehead atoms. The van der Waals surface area contributed by atoms with Gasteiger partial charge in [-0.05, 0) is 125 Å². The molecule has 0 amide bonds. The number of halogens is 1. The second-order valence-electron chi connectivity index (χ2n) is 25.5. The summed E-state index contributed by atoms with van der Waals surface area (Å²) in [6.07, 6.45) is 3.74. The van der Waals surface area contributed by atoms with E-state index < -0.39 is 7.12 Å². The molecular weight excluding hydrogens is 1320 g/mol. The van der Waals surface area contributed by atoms with Crippen LogP contribution >= 0.6 is 34.3 Å². The van der Waals surface area contributed by atoms with Crippen molar-refractivity contribution in [2.45, 2.75) is 7.43 Å². The summed E-state index contributed by atoms with van der Waals surface area (Å²) in [5.74, 6) is 0. The van der Waals surface area contributed by atoms with E-state index in [2.05, 4.69) is 267 Å². The summed E-state index contributed by atoms with van der Waals surface area (Å²) in [7, 11) is -1.44. The summed E-state index contributed by atoms with van der Waals surface area (Å²) >= 11 is 9.85. The Balaban J connectivity index is 0.000000124. The van der Waals surface area contributed by atoms with Crippen molar-refractivity contribution in [1.82, 2.24) is 19.9 Å². The van der Waals surface area contributed by atoms with Crippen LogP contribution in [0.25, 0.3) is 184 Å². The van der Waals surface area contributed by atoms with Crippen LogP contribution in [0.3, 0.4) is 0 Å². The van der Waals surface area contributed by atoms with Gasteiger partial charge in [-0.1, -0.05) is 304 Å². The summed E-state index contributed by atoms with van der Waals surface area (Å²) in [5.41, 5.74) is 19.8. The van der Waals surface area contributed by atoms with Gasteiger partial charge in [0.05, 0.1) is 45.8 Å². The van der Waals surface area contributed by atoms with Gasteiger partial charge in [0.1, 0.15) is 0 Å². The normalized spacial score (nSPS) is 11.4. The molecule has 0 unspecified atom stereocenters. The van der Waals surface area contributed by atoms with Crippen LogP contribution in [0.4, 0.5) is 0 Å². The number of rotatable bonds is 8. The fraction of sp³-hybridized carbons (Fsp3) is 0.0108. The predicted octanol–water partition coefficient (Wildman–Crippen LogP) is 24.9. The molecule has 0 atom stereocenters. The Morgan fingerprint density at radius 3 is 0.981 bits per heavy atom. The first-order chi connectivity index (χ1) is 50.3. The van der Waals surface area contributed by atoms with E-state index in [1.807, 2.05) is 83.6 Å². The molecule has 20 rings (SSSR count). The largest absolute Gasteiger partial charge is 0.488 e. The third kappa shape index (κ3) is 12.1. The Bertz CT molecular complexity index is 6580. The van der Waals surface area contributed by atoms with Gasteiger partial charge in [0.25, 0.3) is 0 Å². The Morgan fingerprint density at radius 1 is 0.262 bits per heavy atom. The fourth-order valence-electron chi connectivity index (χ4n) is 14.4. The van der Waals surface area contributed by atoms with E-state index in [0.717, 1.165) is 82.8 Å². The maximum absolute atomic E-state index is 9.30. The van der Waals surface area contributed by atoms with Crippen LogP contribution in [0.1, 0.15) is 7.43 Å². The van der Waals surface area contributed by atoms with Crippen molar-refractivity contribution in [2.24, 2.45) is 0 Å². The number of aromatic nitrogens is 4. The first-order valence-electron chi connectivity index (χ1n) is 33.9. The number of benzene rings is 16. The first kappa shape index (κ1) is 64.3. The highest BCUT2D eigenvalue weighted by Crippen LogP contribution is 2.44. The number of hydrogen-bond donors (Lipinski definition) is 2. The lowest BCUT2D eigenvalue weighted by Gasteiger charge is -2.11. The molecule has 10 heteroatoms. The minimum absolute atomic E-state index is 0. The van der Waals surface area contributed by atoms with E-state index in [9.17, 15) is 10.0 Å². The van der Waals surface area contributed by atoms with Crippen molar-refractivity contribution in [3.63, 3.8) is 0 Å². The van der Waals surface area contributed by atoms with Gasteiger partial charge in [-0.2, -0.15) is 0 Å². The molecule has 0 aliphatic rings. The maximum Gasteiger partial charge on any atom is 0.488 e. The molecule has 4 aromatic heterocycles. The second kappa shape index (κ2) is 27.5. The topological polar surface area (TPSA) is 92.0 Å². The molecule has 0 radical (unpaired) electrons. The molecule has 0 saturated heterocycles. The molecule has 6 nitrogen and oxygen atoms in total. The third-order valence-corrected chi connectivity index (χ3v) is 22.1. The molecule has 20 aromatic rings. The predicted molar refractivity (Wildman–Crippen MR) is 441 cm³/mol. The number of fused-ring (bicyclic) bond motifs is 18. The van der Waals surface area contributed by atoms with Crippen LogP contribution in [0.5, 0.6) is 0 Å². The fourth-order valence-corrected chi connectivity index (χ4v) is 17.1. The molecule has 0 fully saturated rings. The average molecular weight is 1380 g/mol. The van der Waals surface area contributed by atoms with E-state index in [0.29, 0.717) is 10.5 Å². The molecule has 0 aliphatic carbocycles. The van der Waals surface area contributed by atoms with Gasteiger partial charge >= 0.3 is 7.12 Å². The molecule has 0 saturated carbocycles. The Labute approximate surface area is 608 Å². The van der Waals surface area contributed by atoms with E-state index >= 15 is 0 Å². The van der Waals surface area contributed by atoms with Crippen LogP contribution in [0.2, 0.25) is 5.02 Å². The lowest BCUT2D eigenvalue weighted by molar-refractivity contribution is 0.426. The zero-order chi connectivity index (χ0) is 68.2. The minimum Gasteiger partial charge on any atom is -0.423 e. The maximum atomic E-state index is 9.30. The molecule has 4 heterocycles. The quantitative estimate of drug-likeness (QED) is 0.116. The highest BCUT2D eigenvalue weighted by Gasteiger charge is 2.18. The number of hydrogen-bond acceptors (Lipinski definition) is 8. The van der Waals surface area contributed by atoms with Gasteiger partial charge in [0, 0.05) is 78.0 Å². The average Bonchev–Trinajstić information content (AvgIpc) is 1.53. The van der Waals surface area contributed by atoms with E-state index in [4.69, 9.17) is 31.5 Å². The smallest absolute Gasteiger partial charge is 0.423 e. The number of nitrogens with zero attached hydrogens (tertiary/aromatic N) is 4. The van der Waals surface area contributed by atoms with E-state index in [1.165, 1.54) is 101 Å². The van der Waals surface area contributed by atoms with Crippen molar-refractivity contribution in [3.8, 4) is 78.1 Å². The van der Waals surface area contributed by atoms with Gasteiger partial charge in [-0.15, -0.1) is 22.7 Å². The van der Waals surface area contributed by atoms with Gasteiger partial charge in [-0.3, -0.25) is 9.97 Å². The summed E-state index contributed by atoms with van der Waals surface area (Å²) < 4.78 is 5.28. The molecule has 2 N–H and O–H groups in total. The van der Waals surface area contributed by atoms with Gasteiger partial charge in [-0.25, -0.2) is 9.97 Å². The third-order valence-electron chi connectivity index (χ3n) is 19.4. The molecule has 16 aromatic carbocycles. The lowest BCUT2D eigenvalue weighted by Crippen LogP contribution is -2.29. The van der Waals surface area contributed by atoms with Crippen molar-refractivity contribution in [2.75, 3.05) is 0 Å². The molecular formula is C93H62BClN4O2S2. The molecule has 0 spiro atoms. The van der Waals surface area contributed by atoms with Crippen molar-refractivity contribution >= 4 is 152 Å². The Hall–Kier alpha value is -12.0. The Kier molecular flexibility index (Phi) is 17.2. The highest BCUT2D eigenvalue weighted by molar-refractivity contribution is 7.26. The van der Waals surface area contributed by atoms with Crippen molar-refractivity contribution < 1.29 is 10.0 Å². The zero-order valence-corrected chi connectivity index (χ0v) is 57.2. The lowest BCUT2D eigenvalue weighted by atomic mass is 9.80. The van der Waals surface area contributed by atoms with Crippen LogP contribution in [-0.2, 0) is 0 Å². The molecule has 488 valence electrons. The van der Waals surface area contributed by atoms with Crippen LogP contribution in [0.15, 0.2) is 340 Å². The summed E-state index contributed by atoms with van der Waals surface area (Å²) in [6.45, 7) is 0. The van der Waals surface area contributed by atoms with Gasteiger partial charge in [0.2, 0.25) is 0 Å². The van der Waals surface area contributed by atoms with Crippen molar-refractivity contribution in [3.05, 3.63) is 345 Å². The van der Waals surface area contributed by atoms with Crippen LogP contribution in [0, 0.1) is 0 Å². The van der Waals surface area contributed by atoms with Gasteiger partial charge < -0.3 is 10.0 Å². The van der Waals surface area contributed by atoms with Crippen molar-refractivity contribution in [1.29, 1.82) is 0 Å². The summed E-state index contributed by atoms with van der Waals surface area (Å²) in [4.78, 5) is 19.9. The van der Waals surface area contributed by atoms with Crippen LogP contribution < -0.4 is 5.46 Å². The highest BCUT2D eigenvalue weighted by atomic mass is 35.5. The van der Waals surface area contributed by atoms with E-state index in [1.54, 1.807) is 12.1 Å². The zero-order valence-electron chi connectivity index (χ0n) is 54.8. The summed E-state index contributed by atoms with van der Waals surface area (Å²) in [6, 6.07) is 114. The van der Waals surface area contributed by atoms with E-state index in [-0.39, 0.29) is 7.43 Å². The van der Waals surface area contributed by atoms with Gasteiger partial charge in [0.15, 0.2) is 0 Å². The number of thiophene rings is 2. The minimum atomic E-state index is -1.44. The summed E-state index contributed by atoms with van der Waals surface area (Å²) in [5, 5.41) is 33.9. The standard InChI is InChI=1S/C46H28N2S.C24H17BO2S.C22H13ClN2.CH4/c1-3-17-39-36(14-1)37-15-2-4-18-40(37)45-44(39)47-28-42(48-45)34-13-8-11-32(27-34)30-24-22-29(23-25-30)31-10-7-12-33(26-31)35-19-9-20-41-38-16-5-6-21-43(38)49-46(35)41;26-25(27)19-13-11-16(12-14-19)17-5-3-6-18(15-17)20-8-4-9-22-21-7-1-2-10-23(21)28-24(20)22;23-15-7-5-6-14(12-15)20-13-24-21-18-10-3-1-8-16(18)17-9-2-4-11-19(17)22(21)25-20;/h1-28H;1-15,26-27H;1-13H;1H4. The molecule has 0 aliphatic heterocycles. The SMILES string of the molecule is C.Clc1cccc(-c2cnc3c4ccccc4c4ccccc4c3n2)c1.OB(O)c1ccc(-c2cccc(-c3cccc4c3sc3ccccc34)c2)cc1.c1cc(-c2ccc(-c3cccc(-c4cccc5c4sc4ccccc45)c3)cc2)cc(-c2cnc3c4ccccc4c4ccccc4c3n2)c1. The Morgan fingerprint density at radius 2 is 0.573 bits per heavy atom. The first-order valence-corrected chi connectivity index (χ1v) is 35.9. The van der Waals surface area contributed by atoms with Crippen LogP contribution in [-0.4, -0.2) is 37.1 Å². The monoisotopic (exact) mass is 1380 g/mol. The second-order valence-corrected chi connectivity index (χ2v) is 28.0.